The molecular weight excluding hydrogens is 183 g/mol. The van der Waals surface area contributed by atoms with Crippen molar-refractivity contribution in [1.82, 2.24) is 0 Å². The Morgan fingerprint density at radius 1 is 1.73 bits per heavy atom. The molecule has 0 aliphatic heterocycles. The largest absolute Gasteiger partial charge is 0.299 e. The van der Waals surface area contributed by atoms with Gasteiger partial charge in [-0.25, -0.2) is 0 Å². The molecule has 0 N–H and O–H groups in total. The molecule has 1 aliphatic rings. The molecule has 0 radical (unpaired) electrons. The Morgan fingerprint density at radius 2 is 2.27 bits per heavy atom. The highest BCUT2D eigenvalue weighted by Gasteiger charge is 2.55. The zero-order valence-corrected chi connectivity index (χ0v) is 7.66. The third-order valence-electron chi connectivity index (χ3n) is 1.81. The van der Waals surface area contributed by atoms with Gasteiger partial charge in [-0.15, -0.1) is 29.8 Å². The molecule has 3 heteroatoms. The van der Waals surface area contributed by atoms with E-state index in [1.165, 1.54) is 0 Å². The minimum Gasteiger partial charge on any atom is -0.299 e. The Balaban J connectivity index is 2.28. The summed E-state index contributed by atoms with van der Waals surface area (Å²) in [5.74, 6) is 0.0423. The number of hydrogen-bond acceptors (Lipinski definition) is 1. The van der Waals surface area contributed by atoms with Crippen molar-refractivity contribution in [2.24, 2.45) is 5.92 Å². The lowest BCUT2D eigenvalue weighted by Crippen LogP contribution is -2.05. The number of allylic oxidation sites excluding steroid dienone is 1. The Kier molecular flexibility index (Phi) is 2.61. The van der Waals surface area contributed by atoms with Crippen molar-refractivity contribution in [1.29, 1.82) is 0 Å². The van der Waals surface area contributed by atoms with Gasteiger partial charge in [0.15, 0.2) is 0 Å². The van der Waals surface area contributed by atoms with Crippen LogP contribution < -0.4 is 0 Å². The fourth-order valence-electron chi connectivity index (χ4n) is 0.981. The van der Waals surface area contributed by atoms with Crippen molar-refractivity contribution in [3.63, 3.8) is 0 Å². The second-order valence-electron chi connectivity index (χ2n) is 2.81. The number of hydrogen-bond donors (Lipinski definition) is 0. The van der Waals surface area contributed by atoms with Gasteiger partial charge in [0.1, 0.15) is 10.1 Å². The van der Waals surface area contributed by atoms with E-state index < -0.39 is 4.33 Å². The van der Waals surface area contributed by atoms with Gasteiger partial charge in [0.25, 0.3) is 0 Å². The second-order valence-corrected chi connectivity index (χ2v) is 4.35. The summed E-state index contributed by atoms with van der Waals surface area (Å²) in [5.41, 5.74) is 0. The van der Waals surface area contributed by atoms with Crippen LogP contribution in [0.3, 0.4) is 0 Å². The molecule has 0 heterocycles. The summed E-state index contributed by atoms with van der Waals surface area (Å²) in [5, 5.41) is 0. The van der Waals surface area contributed by atoms with Crippen molar-refractivity contribution < 1.29 is 4.79 Å². The Hall–Kier alpha value is -0.0100. The first-order chi connectivity index (χ1) is 5.08. The number of carbonyl (C=O) groups is 1. The van der Waals surface area contributed by atoms with Crippen molar-refractivity contribution in [3.05, 3.63) is 12.7 Å². The molecule has 1 fully saturated rings. The minimum atomic E-state index is -0.752. The molecule has 62 valence electrons. The lowest BCUT2D eigenvalue weighted by atomic mass is 10.1. The summed E-state index contributed by atoms with van der Waals surface area (Å²) in [4.78, 5) is 11.2. The van der Waals surface area contributed by atoms with Gasteiger partial charge in [-0.2, -0.15) is 0 Å². The van der Waals surface area contributed by atoms with Gasteiger partial charge >= 0.3 is 0 Å². The van der Waals surface area contributed by atoms with Crippen molar-refractivity contribution in [2.45, 2.75) is 23.6 Å². The summed E-state index contributed by atoms with van der Waals surface area (Å²) in [6, 6.07) is 0. The molecule has 11 heavy (non-hydrogen) atoms. The van der Waals surface area contributed by atoms with Gasteiger partial charge in [-0.3, -0.25) is 4.79 Å². The molecule has 1 unspecified atom stereocenters. The topological polar surface area (TPSA) is 17.1 Å². The molecule has 0 aromatic rings. The van der Waals surface area contributed by atoms with Crippen LogP contribution in [0.1, 0.15) is 19.3 Å². The van der Waals surface area contributed by atoms with Crippen molar-refractivity contribution in [3.8, 4) is 0 Å². The first-order valence-corrected chi connectivity index (χ1v) is 4.35. The highest BCUT2D eigenvalue weighted by Crippen LogP contribution is 2.53. The molecule has 0 amide bonds. The predicted octanol–water partition coefficient (Wildman–Crippen LogP) is 2.72. The van der Waals surface area contributed by atoms with E-state index in [0.29, 0.717) is 12.8 Å². The zero-order valence-electron chi connectivity index (χ0n) is 6.15. The highest BCUT2D eigenvalue weighted by molar-refractivity contribution is 6.52. The van der Waals surface area contributed by atoms with Crippen LogP contribution in [0.4, 0.5) is 0 Å². The number of alkyl halides is 2. The molecule has 1 rings (SSSR count). The summed E-state index contributed by atoms with van der Waals surface area (Å²) < 4.78 is -0.752. The number of halogens is 2. The molecule has 1 atom stereocenters. The monoisotopic (exact) mass is 192 g/mol. The highest BCUT2D eigenvalue weighted by atomic mass is 35.5. The zero-order chi connectivity index (χ0) is 8.48. The van der Waals surface area contributed by atoms with E-state index in [4.69, 9.17) is 23.2 Å². The fraction of sp³-hybridized carbons (Fsp3) is 0.625. The lowest BCUT2D eigenvalue weighted by Gasteiger charge is -1.96. The van der Waals surface area contributed by atoms with Crippen LogP contribution in [0.5, 0.6) is 0 Å². The third kappa shape index (κ3) is 2.21. The van der Waals surface area contributed by atoms with E-state index in [9.17, 15) is 4.79 Å². The van der Waals surface area contributed by atoms with E-state index >= 15 is 0 Å². The molecule has 0 aromatic carbocycles. The van der Waals surface area contributed by atoms with Crippen LogP contribution in [0, 0.1) is 5.92 Å². The third-order valence-corrected chi connectivity index (χ3v) is 2.64. The number of carbonyl (C=O) groups excluding carboxylic acids is 1. The van der Waals surface area contributed by atoms with Gasteiger partial charge in [0, 0.05) is 6.42 Å². The molecule has 0 saturated heterocycles. The standard InChI is InChI=1S/C8H10Cl2O/c1-2-3-4-7(11)6-5-8(6,9)10/h2,6H,1,3-5H2. The van der Waals surface area contributed by atoms with Gasteiger partial charge in [-0.1, -0.05) is 6.08 Å². The summed E-state index contributed by atoms with van der Waals surface area (Å²) in [6.45, 7) is 3.53. The first kappa shape index (κ1) is 9.08. The molecular formula is C8H10Cl2O. The van der Waals surface area contributed by atoms with Crippen LogP contribution in [-0.4, -0.2) is 10.1 Å². The minimum absolute atomic E-state index is 0.120. The molecule has 0 bridgehead atoms. The SMILES string of the molecule is C=CCCC(=O)C1CC1(Cl)Cl. The maximum atomic E-state index is 11.2. The average Bonchev–Trinajstić information content (AvgIpc) is 2.55. The van der Waals surface area contributed by atoms with E-state index in [1.54, 1.807) is 6.08 Å². The summed E-state index contributed by atoms with van der Waals surface area (Å²) >= 11 is 11.4. The smallest absolute Gasteiger partial charge is 0.139 e. The van der Waals surface area contributed by atoms with E-state index in [0.717, 1.165) is 6.42 Å². The van der Waals surface area contributed by atoms with Crippen LogP contribution in [0.2, 0.25) is 0 Å². The van der Waals surface area contributed by atoms with Gasteiger partial charge < -0.3 is 0 Å². The fourth-order valence-corrected chi connectivity index (χ4v) is 1.53. The number of Topliss-reactive ketones (excluding diaryl/α,β-unsaturated/α-hetero) is 1. The van der Waals surface area contributed by atoms with Gasteiger partial charge in [0.2, 0.25) is 0 Å². The quantitative estimate of drug-likeness (QED) is 0.495. The normalized spacial score (nSPS) is 26.2. The molecule has 0 aromatic heterocycles. The van der Waals surface area contributed by atoms with Crippen molar-refractivity contribution in [2.75, 3.05) is 0 Å². The lowest BCUT2D eigenvalue weighted by molar-refractivity contribution is -0.120. The maximum Gasteiger partial charge on any atom is 0.139 e. The van der Waals surface area contributed by atoms with Crippen LogP contribution in [0.15, 0.2) is 12.7 Å². The molecule has 1 saturated carbocycles. The van der Waals surface area contributed by atoms with Crippen LogP contribution >= 0.6 is 23.2 Å². The maximum absolute atomic E-state index is 11.2. The average molecular weight is 193 g/mol. The first-order valence-electron chi connectivity index (χ1n) is 3.59. The van der Waals surface area contributed by atoms with E-state index in [2.05, 4.69) is 6.58 Å². The molecule has 1 nitrogen and oxygen atoms in total. The summed E-state index contributed by atoms with van der Waals surface area (Å²) in [7, 11) is 0. The summed E-state index contributed by atoms with van der Waals surface area (Å²) in [6.07, 6.45) is 3.59. The Morgan fingerprint density at radius 3 is 2.64 bits per heavy atom. The number of ketones is 1. The predicted molar refractivity (Wildman–Crippen MR) is 47.0 cm³/mol. The van der Waals surface area contributed by atoms with Gasteiger partial charge in [0.05, 0.1) is 5.92 Å². The van der Waals surface area contributed by atoms with Crippen LogP contribution in [-0.2, 0) is 4.79 Å². The van der Waals surface area contributed by atoms with Gasteiger partial charge in [-0.05, 0) is 12.8 Å². The Labute approximate surface area is 76.4 Å². The Bertz CT molecular complexity index is 187. The van der Waals surface area contributed by atoms with Crippen molar-refractivity contribution >= 4 is 29.0 Å². The van der Waals surface area contributed by atoms with E-state index in [1.807, 2.05) is 0 Å². The molecule has 1 aliphatic carbocycles. The molecule has 0 spiro atoms. The van der Waals surface area contributed by atoms with E-state index in [-0.39, 0.29) is 11.7 Å². The second kappa shape index (κ2) is 3.16. The number of rotatable bonds is 4. The van der Waals surface area contributed by atoms with Crippen LogP contribution in [0.25, 0.3) is 0 Å².